The predicted molar refractivity (Wildman–Crippen MR) is 101 cm³/mol. The third-order valence-electron chi connectivity index (χ3n) is 4.67. The molecule has 3 heteroatoms. The van der Waals surface area contributed by atoms with Crippen LogP contribution in [0.1, 0.15) is 24.5 Å². The molecule has 1 fully saturated rings. The van der Waals surface area contributed by atoms with E-state index in [1.165, 1.54) is 5.56 Å². The van der Waals surface area contributed by atoms with E-state index in [0.29, 0.717) is 12.6 Å². The first-order valence-corrected chi connectivity index (χ1v) is 8.32. The highest BCUT2D eigenvalue weighted by atomic mass is 16.5. The molecular weight excluding hydrogens is 296 g/mol. The molecule has 3 rings (SSSR count). The summed E-state index contributed by atoms with van der Waals surface area (Å²) in [5.41, 5.74) is 4.12. The Labute approximate surface area is 144 Å². The van der Waals surface area contributed by atoms with Gasteiger partial charge in [0.05, 0.1) is 17.8 Å². The molecule has 1 heterocycles. The molecule has 0 radical (unpaired) electrons. The molecule has 1 aliphatic rings. The molecule has 1 unspecified atom stereocenters. The van der Waals surface area contributed by atoms with Crippen molar-refractivity contribution in [2.24, 2.45) is 4.99 Å². The summed E-state index contributed by atoms with van der Waals surface area (Å²) < 4.78 is 5.98. The van der Waals surface area contributed by atoms with E-state index < -0.39 is 0 Å². The molecule has 0 amide bonds. The standard InChI is InChI=1S/C21H24N2O/c1-5-21(4)14-15-24-20(22-18-12-8-6-10-16(18)2)23(21)19-13-9-7-11-17(19)3/h5-13H,1,14-15H2,2-4H3. The van der Waals surface area contributed by atoms with E-state index in [9.17, 15) is 0 Å². The van der Waals surface area contributed by atoms with Gasteiger partial charge in [-0.15, -0.1) is 6.58 Å². The normalized spacial score (nSPS) is 22.3. The molecule has 2 aromatic carbocycles. The van der Waals surface area contributed by atoms with Gasteiger partial charge in [-0.1, -0.05) is 42.5 Å². The molecule has 0 spiro atoms. The predicted octanol–water partition coefficient (Wildman–Crippen LogP) is 5.16. The minimum absolute atomic E-state index is 0.230. The molecule has 1 atom stereocenters. The van der Waals surface area contributed by atoms with Crippen LogP contribution >= 0.6 is 0 Å². The van der Waals surface area contributed by atoms with Crippen molar-refractivity contribution in [2.45, 2.75) is 32.7 Å². The van der Waals surface area contributed by atoms with Crippen molar-refractivity contribution in [1.82, 2.24) is 0 Å². The molecule has 1 saturated heterocycles. The van der Waals surface area contributed by atoms with E-state index in [1.54, 1.807) is 0 Å². The summed E-state index contributed by atoms with van der Waals surface area (Å²) in [5.74, 6) is 0. The number of hydrogen-bond donors (Lipinski definition) is 0. The van der Waals surface area contributed by atoms with Gasteiger partial charge in [0.2, 0.25) is 0 Å². The maximum Gasteiger partial charge on any atom is 0.297 e. The minimum Gasteiger partial charge on any atom is -0.465 e. The molecule has 0 aromatic heterocycles. The zero-order chi connectivity index (χ0) is 17.2. The lowest BCUT2D eigenvalue weighted by Gasteiger charge is -2.44. The molecule has 0 aliphatic carbocycles. The molecule has 124 valence electrons. The van der Waals surface area contributed by atoms with Gasteiger partial charge in [-0.05, 0) is 44.0 Å². The lowest BCUT2D eigenvalue weighted by Crippen LogP contribution is -2.54. The second-order valence-electron chi connectivity index (χ2n) is 6.46. The number of para-hydroxylation sites is 2. The number of benzene rings is 2. The summed E-state index contributed by atoms with van der Waals surface area (Å²) in [4.78, 5) is 7.00. The van der Waals surface area contributed by atoms with Crippen molar-refractivity contribution in [1.29, 1.82) is 0 Å². The second kappa shape index (κ2) is 6.52. The van der Waals surface area contributed by atoms with Crippen molar-refractivity contribution in [3.05, 3.63) is 72.3 Å². The first-order valence-electron chi connectivity index (χ1n) is 8.32. The third kappa shape index (κ3) is 2.94. The highest BCUT2D eigenvalue weighted by Crippen LogP contribution is 2.35. The number of aliphatic imine (C=N–C) groups is 1. The van der Waals surface area contributed by atoms with Gasteiger partial charge in [0, 0.05) is 12.1 Å². The Hall–Kier alpha value is -2.55. The monoisotopic (exact) mass is 320 g/mol. The summed E-state index contributed by atoms with van der Waals surface area (Å²) in [6.45, 7) is 11.1. The summed E-state index contributed by atoms with van der Waals surface area (Å²) in [6.07, 6.45) is 2.87. The first-order chi connectivity index (χ1) is 11.5. The number of hydrogen-bond acceptors (Lipinski definition) is 2. The molecule has 3 nitrogen and oxygen atoms in total. The van der Waals surface area contributed by atoms with Crippen LogP contribution in [0.25, 0.3) is 0 Å². The highest BCUT2D eigenvalue weighted by molar-refractivity contribution is 5.96. The maximum atomic E-state index is 5.98. The molecule has 0 saturated carbocycles. The number of aryl methyl sites for hydroxylation is 2. The van der Waals surface area contributed by atoms with Crippen molar-refractivity contribution >= 4 is 17.4 Å². The van der Waals surface area contributed by atoms with Gasteiger partial charge < -0.3 is 4.74 Å². The minimum atomic E-state index is -0.230. The van der Waals surface area contributed by atoms with Gasteiger partial charge in [-0.25, -0.2) is 0 Å². The zero-order valence-electron chi connectivity index (χ0n) is 14.6. The van der Waals surface area contributed by atoms with Gasteiger partial charge in [-0.3, -0.25) is 4.90 Å². The van der Waals surface area contributed by atoms with E-state index >= 15 is 0 Å². The number of rotatable bonds is 3. The molecule has 1 aliphatic heterocycles. The topological polar surface area (TPSA) is 24.8 Å². The summed E-state index contributed by atoms with van der Waals surface area (Å²) in [7, 11) is 0. The van der Waals surface area contributed by atoms with E-state index in [4.69, 9.17) is 9.73 Å². The quantitative estimate of drug-likeness (QED) is 0.729. The fourth-order valence-electron chi connectivity index (χ4n) is 3.00. The number of ether oxygens (including phenoxy) is 1. The molecule has 2 aromatic rings. The van der Waals surface area contributed by atoms with Gasteiger partial charge in [0.25, 0.3) is 6.02 Å². The van der Waals surface area contributed by atoms with Gasteiger partial charge >= 0.3 is 0 Å². The van der Waals surface area contributed by atoms with Crippen LogP contribution in [0.3, 0.4) is 0 Å². The Kier molecular flexibility index (Phi) is 4.43. The largest absolute Gasteiger partial charge is 0.465 e. The van der Waals surface area contributed by atoms with E-state index in [1.807, 2.05) is 36.4 Å². The second-order valence-corrected chi connectivity index (χ2v) is 6.46. The van der Waals surface area contributed by atoms with Gasteiger partial charge in [0.15, 0.2) is 0 Å². The van der Waals surface area contributed by atoms with E-state index in [-0.39, 0.29) is 5.54 Å². The van der Waals surface area contributed by atoms with Crippen molar-refractivity contribution in [3.8, 4) is 0 Å². The van der Waals surface area contributed by atoms with Crippen LogP contribution in [0.5, 0.6) is 0 Å². The van der Waals surface area contributed by atoms with Crippen LogP contribution in [-0.2, 0) is 4.74 Å². The van der Waals surface area contributed by atoms with Crippen LogP contribution < -0.4 is 4.90 Å². The third-order valence-corrected chi connectivity index (χ3v) is 4.67. The van der Waals surface area contributed by atoms with Crippen LogP contribution in [0.2, 0.25) is 0 Å². The number of amidine groups is 1. The molecule has 0 bridgehead atoms. The van der Waals surface area contributed by atoms with Crippen LogP contribution in [0.15, 0.2) is 66.2 Å². The van der Waals surface area contributed by atoms with Crippen LogP contribution in [-0.4, -0.2) is 18.2 Å². The summed E-state index contributed by atoms with van der Waals surface area (Å²) in [5, 5.41) is 0. The highest BCUT2D eigenvalue weighted by Gasteiger charge is 2.38. The molecule has 0 N–H and O–H groups in total. The van der Waals surface area contributed by atoms with E-state index in [0.717, 1.165) is 23.4 Å². The SMILES string of the molecule is C=CC1(C)CCOC(=Nc2ccccc2C)N1c1ccccc1C. The molecule has 24 heavy (non-hydrogen) atoms. The lowest BCUT2D eigenvalue weighted by atomic mass is 9.93. The Balaban J connectivity index is 2.14. The van der Waals surface area contributed by atoms with E-state index in [2.05, 4.69) is 50.4 Å². The fraction of sp³-hybridized carbons (Fsp3) is 0.286. The molecular formula is C21H24N2O. The smallest absolute Gasteiger partial charge is 0.297 e. The zero-order valence-corrected chi connectivity index (χ0v) is 14.6. The maximum absolute atomic E-state index is 5.98. The average Bonchev–Trinajstić information content (AvgIpc) is 2.58. The fourth-order valence-corrected chi connectivity index (χ4v) is 3.00. The van der Waals surface area contributed by atoms with Crippen LogP contribution in [0.4, 0.5) is 11.4 Å². The Morgan fingerprint density at radius 3 is 2.42 bits per heavy atom. The average molecular weight is 320 g/mol. The van der Waals surface area contributed by atoms with Crippen molar-refractivity contribution < 1.29 is 4.74 Å². The summed E-state index contributed by atoms with van der Waals surface area (Å²) in [6, 6.07) is 17.0. The summed E-state index contributed by atoms with van der Waals surface area (Å²) >= 11 is 0. The number of nitrogens with zero attached hydrogens (tertiary/aromatic N) is 2. The number of anilines is 1. The van der Waals surface area contributed by atoms with Gasteiger partial charge in [0.1, 0.15) is 0 Å². The lowest BCUT2D eigenvalue weighted by molar-refractivity contribution is 0.226. The van der Waals surface area contributed by atoms with Crippen molar-refractivity contribution in [3.63, 3.8) is 0 Å². The Morgan fingerprint density at radius 2 is 1.75 bits per heavy atom. The van der Waals surface area contributed by atoms with Crippen LogP contribution in [0, 0.1) is 13.8 Å². The first kappa shape index (κ1) is 16.3. The van der Waals surface area contributed by atoms with Crippen molar-refractivity contribution in [2.75, 3.05) is 11.5 Å². The Bertz CT molecular complexity index is 781. The Morgan fingerprint density at radius 1 is 1.08 bits per heavy atom. The van der Waals surface area contributed by atoms with Gasteiger partial charge in [-0.2, -0.15) is 4.99 Å².